The van der Waals surface area contributed by atoms with Crippen LogP contribution >= 0.6 is 0 Å². The van der Waals surface area contributed by atoms with Crippen LogP contribution in [0.5, 0.6) is 0 Å². The smallest absolute Gasteiger partial charge is 0.229 e. The molecule has 0 aliphatic rings. The molecule has 2 aromatic rings. The fourth-order valence-corrected chi connectivity index (χ4v) is 2.98. The lowest BCUT2D eigenvalue weighted by Crippen LogP contribution is -2.29. The van der Waals surface area contributed by atoms with Gasteiger partial charge in [-0.05, 0) is 57.3 Å². The van der Waals surface area contributed by atoms with Crippen LogP contribution in [0.15, 0.2) is 42.5 Å². The number of pyridine rings is 1. The van der Waals surface area contributed by atoms with Crippen LogP contribution in [0.3, 0.4) is 0 Å². The molecule has 0 radical (unpaired) electrons. The summed E-state index contributed by atoms with van der Waals surface area (Å²) in [5.74, 6) is -0.0343. The quantitative estimate of drug-likeness (QED) is 0.767. The summed E-state index contributed by atoms with van der Waals surface area (Å²) in [4.78, 5) is 18.9. The zero-order valence-electron chi connectivity index (χ0n) is 14.9. The maximum atomic E-state index is 12.5. The Morgan fingerprint density at radius 3 is 2.40 bits per heavy atom. The Morgan fingerprint density at radius 2 is 1.84 bits per heavy atom. The minimum Gasteiger partial charge on any atom is -0.293 e. The molecule has 7 heteroatoms. The van der Waals surface area contributed by atoms with Crippen molar-refractivity contribution in [1.82, 2.24) is 9.88 Å². The fourth-order valence-electron chi connectivity index (χ4n) is 2.42. The molecule has 1 N–H and O–H groups in total. The van der Waals surface area contributed by atoms with Gasteiger partial charge in [-0.1, -0.05) is 6.07 Å². The van der Waals surface area contributed by atoms with E-state index in [1.54, 1.807) is 24.3 Å². The van der Waals surface area contributed by atoms with Crippen LogP contribution in [0.25, 0.3) is 0 Å². The molecular formula is C18H23N3O3S. The molecule has 0 saturated carbocycles. The Hall–Kier alpha value is -2.25. The molecule has 1 atom stereocenters. The molecule has 1 unspecified atom stereocenters. The van der Waals surface area contributed by atoms with Crippen molar-refractivity contribution in [2.45, 2.75) is 19.9 Å². The van der Waals surface area contributed by atoms with E-state index < -0.39 is 10.0 Å². The third-order valence-corrected chi connectivity index (χ3v) is 4.51. The predicted molar refractivity (Wildman–Crippen MR) is 99.3 cm³/mol. The summed E-state index contributed by atoms with van der Waals surface area (Å²) in [5.41, 5.74) is 2.83. The van der Waals surface area contributed by atoms with Crippen molar-refractivity contribution in [3.63, 3.8) is 0 Å². The summed E-state index contributed by atoms with van der Waals surface area (Å²) in [6, 6.07) is 12.3. The summed E-state index contributed by atoms with van der Waals surface area (Å²) in [5, 5.41) is 0. The van der Waals surface area contributed by atoms with Crippen molar-refractivity contribution in [3.05, 3.63) is 59.4 Å². The van der Waals surface area contributed by atoms with Gasteiger partial charge in [0, 0.05) is 23.0 Å². The number of sulfonamides is 1. The van der Waals surface area contributed by atoms with Crippen molar-refractivity contribution >= 4 is 21.5 Å². The molecule has 2 rings (SSSR count). The number of aryl methyl sites for hydroxylation is 1. The third-order valence-electron chi connectivity index (χ3n) is 3.90. The molecule has 1 aromatic heterocycles. The van der Waals surface area contributed by atoms with Crippen LogP contribution in [-0.2, 0) is 10.0 Å². The van der Waals surface area contributed by atoms with Crippen LogP contribution in [0.1, 0.15) is 34.7 Å². The maximum Gasteiger partial charge on any atom is 0.229 e. The van der Waals surface area contributed by atoms with Gasteiger partial charge in [0.15, 0.2) is 5.78 Å². The number of hydrogen-bond donors (Lipinski definition) is 1. The summed E-state index contributed by atoms with van der Waals surface area (Å²) < 4.78 is 24.8. The van der Waals surface area contributed by atoms with E-state index in [4.69, 9.17) is 0 Å². The molecular weight excluding hydrogens is 338 g/mol. The van der Waals surface area contributed by atoms with Gasteiger partial charge in [-0.25, -0.2) is 8.42 Å². The van der Waals surface area contributed by atoms with Gasteiger partial charge in [-0.2, -0.15) is 0 Å². The Bertz CT molecular complexity index is 848. The number of carbonyl (C=O) groups is 1. The second kappa shape index (κ2) is 7.76. The Kier molecular flexibility index (Phi) is 5.92. The van der Waals surface area contributed by atoms with Gasteiger partial charge in [-0.3, -0.25) is 19.4 Å². The van der Waals surface area contributed by atoms with E-state index in [1.807, 2.05) is 44.0 Å². The molecule has 0 amide bonds. The predicted octanol–water partition coefficient (Wildman–Crippen LogP) is 2.64. The topological polar surface area (TPSA) is 79.4 Å². The number of rotatable bonds is 7. The number of likely N-dealkylation sites (N-methyl/N-ethyl adjacent to an activating group) is 1. The largest absolute Gasteiger partial charge is 0.293 e. The number of carbonyl (C=O) groups excluding carboxylic acids is 1. The van der Waals surface area contributed by atoms with Crippen LogP contribution < -0.4 is 4.72 Å². The lowest BCUT2D eigenvalue weighted by Gasteiger charge is -2.23. The first-order valence-electron chi connectivity index (χ1n) is 7.90. The van der Waals surface area contributed by atoms with Crippen molar-refractivity contribution in [2.24, 2.45) is 0 Å². The average Bonchev–Trinajstić information content (AvgIpc) is 2.53. The molecule has 0 aliphatic carbocycles. The summed E-state index contributed by atoms with van der Waals surface area (Å²) in [7, 11) is -1.44. The number of Topliss-reactive ketones (excluding diaryl/α,β-unsaturated/α-hetero) is 1. The first-order chi connectivity index (χ1) is 11.7. The highest BCUT2D eigenvalue weighted by Gasteiger charge is 2.17. The Labute approximate surface area is 148 Å². The number of benzene rings is 1. The van der Waals surface area contributed by atoms with Gasteiger partial charge in [-0.15, -0.1) is 0 Å². The van der Waals surface area contributed by atoms with Crippen LogP contribution in [-0.4, -0.2) is 43.9 Å². The molecule has 1 heterocycles. The van der Waals surface area contributed by atoms with Crippen LogP contribution in [0.4, 0.5) is 5.69 Å². The summed E-state index contributed by atoms with van der Waals surface area (Å²) >= 11 is 0. The monoisotopic (exact) mass is 361 g/mol. The van der Waals surface area contributed by atoms with Crippen LogP contribution in [0, 0.1) is 6.92 Å². The lowest BCUT2D eigenvalue weighted by atomic mass is 10.1. The first kappa shape index (κ1) is 19.1. The molecule has 0 fully saturated rings. The molecule has 0 bridgehead atoms. The van der Waals surface area contributed by atoms with Crippen molar-refractivity contribution in [3.8, 4) is 0 Å². The van der Waals surface area contributed by atoms with E-state index in [9.17, 15) is 13.2 Å². The van der Waals surface area contributed by atoms with Crippen molar-refractivity contribution < 1.29 is 13.2 Å². The van der Waals surface area contributed by atoms with Gasteiger partial charge in [0.05, 0.1) is 18.5 Å². The van der Waals surface area contributed by atoms with Crippen molar-refractivity contribution in [1.29, 1.82) is 0 Å². The van der Waals surface area contributed by atoms with E-state index in [2.05, 4.69) is 9.71 Å². The minimum atomic E-state index is -3.32. The number of ketones is 1. The minimum absolute atomic E-state index is 0.00928. The van der Waals surface area contributed by atoms with Gasteiger partial charge < -0.3 is 0 Å². The number of aromatic nitrogens is 1. The number of hydrogen-bond acceptors (Lipinski definition) is 5. The normalized spacial score (nSPS) is 12.8. The second-order valence-corrected chi connectivity index (χ2v) is 7.92. The zero-order valence-corrected chi connectivity index (χ0v) is 15.7. The Balaban J connectivity index is 2.03. The first-order valence-corrected chi connectivity index (χ1v) is 9.80. The molecule has 25 heavy (non-hydrogen) atoms. The molecule has 0 aliphatic heterocycles. The fraction of sp³-hybridized carbons (Fsp3) is 0.333. The summed E-state index contributed by atoms with van der Waals surface area (Å²) in [6.07, 6.45) is 1.09. The van der Waals surface area contributed by atoms with E-state index in [0.717, 1.165) is 17.6 Å². The molecule has 1 aromatic carbocycles. The molecule has 6 nitrogen and oxygen atoms in total. The van der Waals surface area contributed by atoms with E-state index in [0.29, 0.717) is 11.3 Å². The van der Waals surface area contributed by atoms with E-state index in [1.165, 1.54) is 0 Å². The third kappa shape index (κ3) is 5.65. The van der Waals surface area contributed by atoms with Gasteiger partial charge >= 0.3 is 0 Å². The Morgan fingerprint density at radius 1 is 1.20 bits per heavy atom. The summed E-state index contributed by atoms with van der Waals surface area (Å²) in [6.45, 7) is 4.19. The maximum absolute atomic E-state index is 12.5. The van der Waals surface area contributed by atoms with Gasteiger partial charge in [0.1, 0.15) is 0 Å². The standard InChI is InChI=1S/C18H23N3O3S/c1-13-6-5-7-17(19-13)14(2)21(3)12-18(22)15-8-10-16(11-9-15)20-25(4,23)24/h5-11,14,20H,12H2,1-4H3. The van der Waals surface area contributed by atoms with E-state index >= 15 is 0 Å². The molecule has 0 saturated heterocycles. The highest BCUT2D eigenvalue weighted by molar-refractivity contribution is 7.92. The van der Waals surface area contributed by atoms with Gasteiger partial charge in [0.2, 0.25) is 10.0 Å². The highest BCUT2D eigenvalue weighted by Crippen LogP contribution is 2.18. The average molecular weight is 361 g/mol. The van der Waals surface area contributed by atoms with Crippen LogP contribution in [0.2, 0.25) is 0 Å². The molecule has 134 valence electrons. The van der Waals surface area contributed by atoms with E-state index in [-0.39, 0.29) is 18.4 Å². The second-order valence-electron chi connectivity index (χ2n) is 6.17. The zero-order chi connectivity index (χ0) is 18.6. The van der Waals surface area contributed by atoms with Gasteiger partial charge in [0.25, 0.3) is 0 Å². The highest BCUT2D eigenvalue weighted by atomic mass is 32.2. The molecule has 0 spiro atoms. The lowest BCUT2D eigenvalue weighted by molar-refractivity contribution is 0.0923. The number of nitrogens with zero attached hydrogens (tertiary/aromatic N) is 2. The number of nitrogens with one attached hydrogen (secondary N) is 1. The number of anilines is 1. The van der Waals surface area contributed by atoms with Crippen molar-refractivity contribution in [2.75, 3.05) is 24.6 Å². The SMILES string of the molecule is Cc1cccc(C(C)N(C)CC(=O)c2ccc(NS(C)(=O)=O)cc2)n1.